The van der Waals surface area contributed by atoms with Gasteiger partial charge in [0.25, 0.3) is 5.69 Å². The van der Waals surface area contributed by atoms with Gasteiger partial charge in [0, 0.05) is 37.6 Å². The van der Waals surface area contributed by atoms with Gasteiger partial charge in [-0.25, -0.2) is 0 Å². The first kappa shape index (κ1) is 15.7. The van der Waals surface area contributed by atoms with Crippen molar-refractivity contribution in [2.24, 2.45) is 5.92 Å². The Kier molecular flexibility index (Phi) is 5.89. The van der Waals surface area contributed by atoms with Gasteiger partial charge in [-0.2, -0.15) is 0 Å². The first-order valence-electron chi connectivity index (χ1n) is 7.02. The molecule has 21 heavy (non-hydrogen) atoms. The minimum atomic E-state index is -0.429. The molecule has 1 aromatic rings. The Bertz CT molecular complexity index is 489. The number of anilines is 1. The van der Waals surface area contributed by atoms with Crippen molar-refractivity contribution in [2.45, 2.75) is 19.3 Å². The minimum Gasteiger partial charge on any atom is -0.381 e. The summed E-state index contributed by atoms with van der Waals surface area (Å²) in [5.41, 5.74) is 0.787. The Morgan fingerprint density at radius 3 is 2.71 bits per heavy atom. The average molecular weight is 309 g/mol. The molecule has 1 fully saturated rings. The zero-order valence-electron chi connectivity index (χ0n) is 11.7. The van der Waals surface area contributed by atoms with E-state index in [1.54, 1.807) is 12.1 Å². The summed E-state index contributed by atoms with van der Waals surface area (Å²) in [6.45, 7) is 2.36. The van der Waals surface area contributed by atoms with Crippen molar-refractivity contribution in [1.29, 1.82) is 0 Å². The number of nitrogens with zero attached hydrogens (tertiary/aromatic N) is 1. The maximum absolute atomic E-state index is 10.5. The van der Waals surface area contributed by atoms with Crippen LogP contribution in [0.5, 0.6) is 0 Å². The molecule has 0 bridgehead atoms. The molecule has 0 unspecified atom stereocenters. The van der Waals surface area contributed by atoms with Crippen LogP contribution in [0, 0.1) is 16.0 Å². The zero-order chi connectivity index (χ0) is 15.1. The van der Waals surface area contributed by atoms with E-state index in [0.29, 0.717) is 5.11 Å². The van der Waals surface area contributed by atoms with E-state index < -0.39 is 4.92 Å². The average Bonchev–Trinajstić information content (AvgIpc) is 3.27. The first-order chi connectivity index (χ1) is 10.1. The standard InChI is InChI=1S/C14H19N3O3S/c18-17(19)13-6-4-12(5-7-13)16-14(21)15-8-1-9-20-10-11-2-3-11/h4-7,11H,1-3,8-10H2,(H2,15,16,21). The molecular weight excluding hydrogens is 290 g/mol. The summed E-state index contributed by atoms with van der Waals surface area (Å²) in [7, 11) is 0. The van der Waals surface area contributed by atoms with Crippen LogP contribution in [-0.2, 0) is 4.74 Å². The predicted octanol–water partition coefficient (Wildman–Crippen LogP) is 2.70. The fourth-order valence-corrected chi connectivity index (χ4v) is 1.97. The fourth-order valence-electron chi connectivity index (χ4n) is 1.75. The Labute approximate surface area is 129 Å². The van der Waals surface area contributed by atoms with Crippen molar-refractivity contribution in [1.82, 2.24) is 5.32 Å². The molecule has 114 valence electrons. The number of nitro groups is 1. The molecule has 0 aliphatic heterocycles. The summed E-state index contributed by atoms with van der Waals surface area (Å²) in [5, 5.41) is 17.1. The highest BCUT2D eigenvalue weighted by molar-refractivity contribution is 7.80. The predicted molar refractivity (Wildman–Crippen MR) is 85.5 cm³/mol. The van der Waals surface area contributed by atoms with Gasteiger partial charge in [-0.1, -0.05) is 0 Å². The quantitative estimate of drug-likeness (QED) is 0.333. The van der Waals surface area contributed by atoms with Crippen molar-refractivity contribution in [3.8, 4) is 0 Å². The molecule has 1 aromatic carbocycles. The number of benzene rings is 1. The maximum Gasteiger partial charge on any atom is 0.269 e. The molecule has 1 aliphatic rings. The topological polar surface area (TPSA) is 76.4 Å². The van der Waals surface area contributed by atoms with Gasteiger partial charge in [0.1, 0.15) is 0 Å². The summed E-state index contributed by atoms with van der Waals surface area (Å²) in [5.74, 6) is 0.794. The van der Waals surface area contributed by atoms with E-state index in [-0.39, 0.29) is 5.69 Å². The van der Waals surface area contributed by atoms with Crippen LogP contribution in [0.2, 0.25) is 0 Å². The van der Waals surface area contributed by atoms with E-state index in [2.05, 4.69) is 10.6 Å². The fraction of sp³-hybridized carbons (Fsp3) is 0.500. The van der Waals surface area contributed by atoms with E-state index in [1.807, 2.05) is 0 Å². The highest BCUT2D eigenvalue weighted by atomic mass is 32.1. The van der Waals surface area contributed by atoms with Crippen LogP contribution in [0.1, 0.15) is 19.3 Å². The molecule has 1 aliphatic carbocycles. The Morgan fingerprint density at radius 1 is 1.38 bits per heavy atom. The molecule has 2 N–H and O–H groups in total. The van der Waals surface area contributed by atoms with Gasteiger partial charge >= 0.3 is 0 Å². The van der Waals surface area contributed by atoms with Crippen LogP contribution in [0.4, 0.5) is 11.4 Å². The van der Waals surface area contributed by atoms with Gasteiger partial charge in [-0.3, -0.25) is 10.1 Å². The number of hydrogen-bond donors (Lipinski definition) is 2. The summed E-state index contributed by atoms with van der Waals surface area (Å²) < 4.78 is 5.53. The van der Waals surface area contributed by atoms with Crippen molar-refractivity contribution in [3.63, 3.8) is 0 Å². The van der Waals surface area contributed by atoms with Gasteiger partial charge in [0.2, 0.25) is 0 Å². The lowest BCUT2D eigenvalue weighted by atomic mass is 10.3. The highest BCUT2D eigenvalue weighted by Gasteiger charge is 2.20. The van der Waals surface area contributed by atoms with Gasteiger partial charge in [-0.15, -0.1) is 0 Å². The Balaban J connectivity index is 1.58. The molecule has 0 aromatic heterocycles. The van der Waals surface area contributed by atoms with Crippen LogP contribution in [0.25, 0.3) is 0 Å². The van der Waals surface area contributed by atoms with Crippen LogP contribution in [-0.4, -0.2) is 29.8 Å². The Morgan fingerprint density at radius 2 is 2.10 bits per heavy atom. The number of ether oxygens (including phenoxy) is 1. The lowest BCUT2D eigenvalue weighted by Gasteiger charge is -2.10. The monoisotopic (exact) mass is 309 g/mol. The van der Waals surface area contributed by atoms with Crippen LogP contribution >= 0.6 is 12.2 Å². The minimum absolute atomic E-state index is 0.0623. The van der Waals surface area contributed by atoms with Gasteiger partial charge in [-0.05, 0) is 49.5 Å². The number of hydrogen-bond acceptors (Lipinski definition) is 4. The van der Waals surface area contributed by atoms with E-state index in [9.17, 15) is 10.1 Å². The third-order valence-corrected chi connectivity index (χ3v) is 3.38. The molecule has 7 heteroatoms. The van der Waals surface area contributed by atoms with Gasteiger partial charge in [0.15, 0.2) is 5.11 Å². The van der Waals surface area contributed by atoms with E-state index in [4.69, 9.17) is 17.0 Å². The smallest absolute Gasteiger partial charge is 0.269 e. The SMILES string of the molecule is O=[N+]([O-])c1ccc(NC(=S)NCCCOCC2CC2)cc1. The third kappa shape index (κ3) is 6.05. The maximum atomic E-state index is 10.5. The molecule has 0 saturated heterocycles. The van der Waals surface area contributed by atoms with Crippen molar-refractivity contribution < 1.29 is 9.66 Å². The Hall–Kier alpha value is -1.73. The number of nitro benzene ring substituents is 1. The number of rotatable bonds is 8. The molecule has 0 atom stereocenters. The van der Waals surface area contributed by atoms with Crippen LogP contribution in [0.3, 0.4) is 0 Å². The summed E-state index contributed by atoms with van der Waals surface area (Å²) in [6.07, 6.45) is 3.51. The number of thiocarbonyl (C=S) groups is 1. The largest absolute Gasteiger partial charge is 0.381 e. The molecule has 0 heterocycles. The third-order valence-electron chi connectivity index (χ3n) is 3.14. The molecule has 6 nitrogen and oxygen atoms in total. The summed E-state index contributed by atoms with van der Waals surface area (Å²) >= 11 is 5.15. The first-order valence-corrected chi connectivity index (χ1v) is 7.43. The summed E-state index contributed by atoms with van der Waals surface area (Å²) in [4.78, 5) is 10.1. The lowest BCUT2D eigenvalue weighted by Crippen LogP contribution is -2.29. The van der Waals surface area contributed by atoms with Crippen LogP contribution in [0.15, 0.2) is 24.3 Å². The molecule has 0 radical (unpaired) electrons. The van der Waals surface area contributed by atoms with Crippen molar-refractivity contribution >= 4 is 28.7 Å². The van der Waals surface area contributed by atoms with E-state index in [1.165, 1.54) is 25.0 Å². The summed E-state index contributed by atoms with van der Waals surface area (Å²) in [6, 6.07) is 6.14. The second kappa shape index (κ2) is 7.90. The molecule has 0 amide bonds. The van der Waals surface area contributed by atoms with Crippen molar-refractivity contribution in [3.05, 3.63) is 34.4 Å². The zero-order valence-corrected chi connectivity index (χ0v) is 12.5. The van der Waals surface area contributed by atoms with Crippen molar-refractivity contribution in [2.75, 3.05) is 25.1 Å². The number of nitrogens with one attached hydrogen (secondary N) is 2. The highest BCUT2D eigenvalue weighted by Crippen LogP contribution is 2.28. The van der Waals surface area contributed by atoms with E-state index in [0.717, 1.165) is 37.8 Å². The van der Waals surface area contributed by atoms with Gasteiger partial charge < -0.3 is 15.4 Å². The van der Waals surface area contributed by atoms with Gasteiger partial charge in [0.05, 0.1) is 4.92 Å². The van der Waals surface area contributed by atoms with Crippen LogP contribution < -0.4 is 10.6 Å². The molecular formula is C14H19N3O3S. The van der Waals surface area contributed by atoms with E-state index >= 15 is 0 Å². The lowest BCUT2D eigenvalue weighted by molar-refractivity contribution is -0.384. The normalized spacial score (nSPS) is 13.7. The molecule has 2 rings (SSSR count). The second-order valence-electron chi connectivity index (χ2n) is 5.06. The molecule has 0 spiro atoms. The molecule has 1 saturated carbocycles. The number of non-ortho nitro benzene ring substituents is 1. The second-order valence-corrected chi connectivity index (χ2v) is 5.46.